The van der Waals surface area contributed by atoms with Crippen molar-refractivity contribution in [2.24, 2.45) is 0 Å². The number of nitrogens with one attached hydrogen (secondary N) is 1. The average molecular weight is 389 g/mol. The van der Waals surface area contributed by atoms with Gasteiger partial charge in [-0.15, -0.1) is 0 Å². The Bertz CT molecular complexity index is 993. The minimum atomic E-state index is -0.371. The number of fused-ring (bicyclic) bond motifs is 1. The van der Waals surface area contributed by atoms with Crippen LogP contribution in [0.1, 0.15) is 48.4 Å². The van der Waals surface area contributed by atoms with E-state index in [1.807, 2.05) is 55.7 Å². The fourth-order valence-corrected chi connectivity index (χ4v) is 4.08. The van der Waals surface area contributed by atoms with Crippen LogP contribution in [0.4, 0.5) is 5.69 Å². The molecule has 2 heterocycles. The summed E-state index contributed by atoms with van der Waals surface area (Å²) >= 11 is 0. The van der Waals surface area contributed by atoms with Crippen LogP contribution in [-0.4, -0.2) is 26.9 Å². The first-order valence-corrected chi connectivity index (χ1v) is 10.2. The molecule has 3 aromatic rings. The number of hydrogen-bond donors (Lipinski definition) is 1. The molecule has 1 N–H and O–H groups in total. The zero-order chi connectivity index (χ0) is 20.4. The summed E-state index contributed by atoms with van der Waals surface area (Å²) in [5, 5.41) is 3.14. The highest BCUT2D eigenvalue weighted by Crippen LogP contribution is 2.33. The number of carbonyl (C=O) groups is 1. The van der Waals surface area contributed by atoms with E-state index in [0.717, 1.165) is 42.1 Å². The Labute approximate surface area is 172 Å². The van der Waals surface area contributed by atoms with Crippen molar-refractivity contribution in [3.63, 3.8) is 0 Å². The Morgan fingerprint density at radius 1 is 1.17 bits per heavy atom. The van der Waals surface area contributed by atoms with Crippen LogP contribution in [0.15, 0.2) is 60.9 Å². The van der Waals surface area contributed by atoms with Gasteiger partial charge in [0.1, 0.15) is 6.04 Å². The lowest BCUT2D eigenvalue weighted by molar-refractivity contribution is -0.122. The van der Waals surface area contributed by atoms with Crippen molar-refractivity contribution in [2.75, 3.05) is 11.9 Å². The molecule has 4 rings (SSSR count). The topological polar surface area (TPSA) is 50.2 Å². The Hall–Kier alpha value is -2.92. The number of aryl methyl sites for hydroxylation is 1. The molecule has 1 amide bonds. The van der Waals surface area contributed by atoms with Gasteiger partial charge >= 0.3 is 0 Å². The molecule has 0 saturated carbocycles. The van der Waals surface area contributed by atoms with Crippen molar-refractivity contribution in [1.29, 1.82) is 0 Å². The monoisotopic (exact) mass is 388 g/mol. The van der Waals surface area contributed by atoms with Gasteiger partial charge in [0.25, 0.3) is 0 Å². The summed E-state index contributed by atoms with van der Waals surface area (Å²) in [7, 11) is 0. The fourth-order valence-electron chi connectivity index (χ4n) is 4.08. The zero-order valence-corrected chi connectivity index (χ0v) is 17.3. The summed E-state index contributed by atoms with van der Waals surface area (Å²) in [5.74, 6) is -0.00474. The largest absolute Gasteiger partial charge is 0.330 e. The molecule has 1 aromatic heterocycles. The quantitative estimate of drug-likeness (QED) is 0.700. The number of amides is 1. The lowest BCUT2D eigenvalue weighted by Crippen LogP contribution is -2.42. The van der Waals surface area contributed by atoms with Crippen LogP contribution in [0, 0.1) is 6.92 Å². The van der Waals surface area contributed by atoms with E-state index >= 15 is 0 Å². The van der Waals surface area contributed by atoms with Crippen LogP contribution < -0.4 is 5.32 Å². The van der Waals surface area contributed by atoms with Crippen molar-refractivity contribution in [3.05, 3.63) is 83.4 Å². The summed E-state index contributed by atoms with van der Waals surface area (Å²) in [6, 6.07) is 18.2. The van der Waals surface area contributed by atoms with Crippen LogP contribution >= 0.6 is 0 Å². The highest BCUT2D eigenvalue weighted by molar-refractivity contribution is 5.95. The molecule has 0 aliphatic carbocycles. The van der Waals surface area contributed by atoms with Gasteiger partial charge in [0.2, 0.25) is 5.91 Å². The van der Waals surface area contributed by atoms with E-state index in [0.29, 0.717) is 0 Å². The van der Waals surface area contributed by atoms with Gasteiger partial charge in [-0.2, -0.15) is 0 Å². The predicted molar refractivity (Wildman–Crippen MR) is 116 cm³/mol. The minimum absolute atomic E-state index is 0.00474. The Kier molecular flexibility index (Phi) is 5.49. The van der Waals surface area contributed by atoms with Gasteiger partial charge in [0.15, 0.2) is 0 Å². The fraction of sp³-hybridized carbons (Fsp3) is 0.333. The zero-order valence-electron chi connectivity index (χ0n) is 17.3. The average Bonchev–Trinajstić information content (AvgIpc) is 3.13. The van der Waals surface area contributed by atoms with Crippen molar-refractivity contribution in [1.82, 2.24) is 14.5 Å². The second-order valence-corrected chi connectivity index (χ2v) is 8.04. The smallest absolute Gasteiger partial charge is 0.247 e. The van der Waals surface area contributed by atoms with Crippen LogP contribution in [-0.2, 0) is 17.8 Å². The molecule has 150 valence electrons. The third-order valence-corrected chi connectivity index (χ3v) is 5.49. The van der Waals surface area contributed by atoms with Crippen LogP contribution in [0.5, 0.6) is 0 Å². The molecule has 0 saturated heterocycles. The van der Waals surface area contributed by atoms with Crippen molar-refractivity contribution in [2.45, 2.75) is 45.8 Å². The molecule has 29 heavy (non-hydrogen) atoms. The van der Waals surface area contributed by atoms with Gasteiger partial charge in [-0.1, -0.05) is 42.5 Å². The highest BCUT2D eigenvalue weighted by atomic mass is 16.2. The van der Waals surface area contributed by atoms with Gasteiger partial charge in [-0.25, -0.2) is 4.98 Å². The summed E-state index contributed by atoms with van der Waals surface area (Å²) in [4.78, 5) is 20.4. The van der Waals surface area contributed by atoms with Gasteiger partial charge < -0.3 is 9.88 Å². The van der Waals surface area contributed by atoms with Crippen LogP contribution in [0.25, 0.3) is 0 Å². The first kappa shape index (κ1) is 19.4. The lowest BCUT2D eigenvalue weighted by atomic mass is 9.99. The van der Waals surface area contributed by atoms with Crippen LogP contribution in [0.3, 0.4) is 0 Å². The number of hydrogen-bond acceptors (Lipinski definition) is 3. The Morgan fingerprint density at radius 2 is 1.97 bits per heavy atom. The molecule has 0 fully saturated rings. The number of imidazole rings is 1. The third-order valence-electron chi connectivity index (χ3n) is 5.49. The molecule has 0 spiro atoms. The molecule has 5 nitrogen and oxygen atoms in total. The van der Waals surface area contributed by atoms with E-state index in [1.54, 1.807) is 0 Å². The molecule has 5 heteroatoms. The Balaban J connectivity index is 1.69. The summed E-state index contributed by atoms with van der Waals surface area (Å²) in [5.41, 5.74) is 5.22. The normalized spacial score (nSPS) is 16.6. The number of rotatable bonds is 5. The van der Waals surface area contributed by atoms with Crippen LogP contribution in [0.2, 0.25) is 0 Å². The highest BCUT2D eigenvalue weighted by Gasteiger charge is 2.37. The summed E-state index contributed by atoms with van der Waals surface area (Å²) in [6.45, 7) is 7.84. The molecule has 0 radical (unpaired) electrons. The maximum atomic E-state index is 13.5. The number of nitrogens with zero attached hydrogens (tertiary/aromatic N) is 3. The molecular weight excluding hydrogens is 360 g/mol. The number of aromatic nitrogens is 2. The first-order valence-electron chi connectivity index (χ1n) is 10.2. The molecule has 1 aliphatic rings. The van der Waals surface area contributed by atoms with Gasteiger partial charge in [0.05, 0.1) is 17.7 Å². The summed E-state index contributed by atoms with van der Waals surface area (Å²) < 4.78 is 2.15. The molecular formula is C24H28N4O. The van der Waals surface area contributed by atoms with Gasteiger partial charge in [-0.05, 0) is 44.0 Å². The number of carbonyl (C=O) groups excluding carboxylic acids is 1. The second kappa shape index (κ2) is 8.21. The number of anilines is 1. The van der Waals surface area contributed by atoms with E-state index in [1.165, 1.54) is 5.56 Å². The predicted octanol–water partition coefficient (Wildman–Crippen LogP) is 4.51. The van der Waals surface area contributed by atoms with E-state index in [9.17, 15) is 4.79 Å². The van der Waals surface area contributed by atoms with E-state index < -0.39 is 0 Å². The molecule has 1 unspecified atom stereocenters. The standard InChI is InChI=1S/C24H28N4O/c1-17(2)28-16-25-21-12-13-27(15-19-9-5-4-6-10-19)23(22(21)28)24(29)26-20-11-7-8-18(3)14-20/h4-11,14,16-17,23H,12-13,15H2,1-3H3,(H,26,29). The Morgan fingerprint density at radius 3 is 2.69 bits per heavy atom. The van der Waals surface area contributed by atoms with E-state index in [2.05, 4.69) is 45.7 Å². The van der Waals surface area contributed by atoms with Gasteiger partial charge in [0, 0.05) is 31.2 Å². The number of benzene rings is 2. The molecule has 1 atom stereocenters. The van der Waals surface area contributed by atoms with Gasteiger partial charge in [-0.3, -0.25) is 9.69 Å². The maximum absolute atomic E-state index is 13.5. The summed E-state index contributed by atoms with van der Waals surface area (Å²) in [6.07, 6.45) is 2.74. The van der Waals surface area contributed by atoms with Crippen molar-refractivity contribution in [3.8, 4) is 0 Å². The minimum Gasteiger partial charge on any atom is -0.330 e. The molecule has 2 aromatic carbocycles. The third kappa shape index (κ3) is 4.10. The molecule has 1 aliphatic heterocycles. The van der Waals surface area contributed by atoms with E-state index in [-0.39, 0.29) is 18.0 Å². The van der Waals surface area contributed by atoms with Crippen molar-refractivity contribution >= 4 is 11.6 Å². The molecule has 0 bridgehead atoms. The lowest BCUT2D eigenvalue weighted by Gasteiger charge is -2.36. The second-order valence-electron chi connectivity index (χ2n) is 8.04. The first-order chi connectivity index (χ1) is 14.0. The SMILES string of the molecule is Cc1cccc(NC(=O)C2c3c(ncn3C(C)C)CCN2Cc2ccccc2)c1. The maximum Gasteiger partial charge on any atom is 0.247 e. The van der Waals surface area contributed by atoms with E-state index in [4.69, 9.17) is 0 Å². The van der Waals surface area contributed by atoms with Crippen molar-refractivity contribution < 1.29 is 4.79 Å².